The van der Waals surface area contributed by atoms with Crippen LogP contribution in [0.4, 0.5) is 0 Å². The number of likely N-dealkylation sites (tertiary alicyclic amines) is 1. The molecule has 122 valence electrons. The number of likely N-dealkylation sites (N-methyl/N-ethyl adjacent to an activating group) is 1. The third-order valence-electron chi connectivity index (χ3n) is 4.52. The normalized spacial score (nSPS) is 29.7. The first kappa shape index (κ1) is 16.5. The number of hydrogen-bond acceptors (Lipinski definition) is 4. The summed E-state index contributed by atoms with van der Waals surface area (Å²) in [6.07, 6.45) is 3.27. The van der Waals surface area contributed by atoms with Gasteiger partial charge in [-0.05, 0) is 38.3 Å². The fourth-order valence-electron chi connectivity index (χ4n) is 3.25. The molecule has 0 aromatic heterocycles. The largest absolute Gasteiger partial charge is 0.356 e. The second-order valence-electron chi connectivity index (χ2n) is 6.03. The van der Waals surface area contributed by atoms with Crippen molar-refractivity contribution in [3.05, 3.63) is 0 Å². The lowest BCUT2D eigenvalue weighted by Gasteiger charge is -2.24. The summed E-state index contributed by atoms with van der Waals surface area (Å²) in [5.74, 6) is 1.64. The molecule has 2 saturated heterocycles. The SMILES string of the molecule is CCN1CCCC1CNC(=NC)NCC1CCS(=O)(=O)C1. The Bertz CT molecular complexity index is 464. The Balaban J connectivity index is 1.71. The summed E-state index contributed by atoms with van der Waals surface area (Å²) in [5.41, 5.74) is 0. The molecule has 2 atom stereocenters. The zero-order chi connectivity index (χ0) is 15.3. The van der Waals surface area contributed by atoms with Gasteiger partial charge < -0.3 is 10.6 Å². The van der Waals surface area contributed by atoms with Gasteiger partial charge in [0, 0.05) is 26.2 Å². The smallest absolute Gasteiger partial charge is 0.191 e. The second-order valence-corrected chi connectivity index (χ2v) is 8.26. The molecule has 0 amide bonds. The maximum Gasteiger partial charge on any atom is 0.191 e. The molecule has 0 bridgehead atoms. The lowest BCUT2D eigenvalue weighted by molar-refractivity contribution is 0.267. The quantitative estimate of drug-likeness (QED) is 0.555. The molecule has 2 N–H and O–H groups in total. The average molecular weight is 316 g/mol. The zero-order valence-corrected chi connectivity index (χ0v) is 14.0. The van der Waals surface area contributed by atoms with E-state index in [1.54, 1.807) is 7.05 Å². The summed E-state index contributed by atoms with van der Waals surface area (Å²) in [6.45, 7) is 6.07. The second kappa shape index (κ2) is 7.45. The number of nitrogens with zero attached hydrogens (tertiary/aromatic N) is 2. The Morgan fingerprint density at radius 3 is 2.67 bits per heavy atom. The van der Waals surface area contributed by atoms with Gasteiger partial charge in [0.2, 0.25) is 0 Å². The van der Waals surface area contributed by atoms with Crippen molar-refractivity contribution in [2.24, 2.45) is 10.9 Å². The van der Waals surface area contributed by atoms with Gasteiger partial charge in [0.05, 0.1) is 11.5 Å². The van der Waals surface area contributed by atoms with Crippen LogP contribution in [0.1, 0.15) is 26.2 Å². The van der Waals surface area contributed by atoms with Crippen LogP contribution in [0.3, 0.4) is 0 Å². The highest BCUT2D eigenvalue weighted by Crippen LogP contribution is 2.17. The molecular weight excluding hydrogens is 288 g/mol. The van der Waals surface area contributed by atoms with Crippen molar-refractivity contribution in [3.8, 4) is 0 Å². The third kappa shape index (κ3) is 4.85. The number of nitrogens with one attached hydrogen (secondary N) is 2. The highest BCUT2D eigenvalue weighted by atomic mass is 32.2. The minimum Gasteiger partial charge on any atom is -0.356 e. The van der Waals surface area contributed by atoms with E-state index >= 15 is 0 Å². The summed E-state index contributed by atoms with van der Waals surface area (Å²) < 4.78 is 22.9. The van der Waals surface area contributed by atoms with Crippen LogP contribution in [0, 0.1) is 5.92 Å². The van der Waals surface area contributed by atoms with E-state index in [0.29, 0.717) is 24.1 Å². The molecule has 2 rings (SSSR count). The van der Waals surface area contributed by atoms with Gasteiger partial charge in [0.1, 0.15) is 0 Å². The van der Waals surface area contributed by atoms with Crippen LogP contribution < -0.4 is 10.6 Å². The van der Waals surface area contributed by atoms with Crippen molar-refractivity contribution < 1.29 is 8.42 Å². The number of rotatable bonds is 5. The van der Waals surface area contributed by atoms with Crippen LogP contribution in [0.15, 0.2) is 4.99 Å². The van der Waals surface area contributed by atoms with E-state index in [2.05, 4.69) is 27.4 Å². The monoisotopic (exact) mass is 316 g/mol. The Labute approximate surface area is 128 Å². The standard InChI is InChI=1S/C14H28N4O2S/c1-3-18-7-4-5-13(18)10-17-14(15-2)16-9-12-6-8-21(19,20)11-12/h12-13H,3-11H2,1-2H3,(H2,15,16,17). The van der Waals surface area contributed by atoms with Crippen molar-refractivity contribution in [2.45, 2.75) is 32.2 Å². The highest BCUT2D eigenvalue weighted by molar-refractivity contribution is 7.91. The van der Waals surface area contributed by atoms with Gasteiger partial charge in [-0.1, -0.05) is 6.92 Å². The van der Waals surface area contributed by atoms with Gasteiger partial charge in [0.15, 0.2) is 15.8 Å². The third-order valence-corrected chi connectivity index (χ3v) is 6.36. The lowest BCUT2D eigenvalue weighted by atomic mass is 10.1. The first-order chi connectivity index (χ1) is 10.0. The van der Waals surface area contributed by atoms with Gasteiger partial charge in [0.25, 0.3) is 0 Å². The molecule has 2 unspecified atom stereocenters. The predicted molar refractivity (Wildman–Crippen MR) is 86.4 cm³/mol. The van der Waals surface area contributed by atoms with E-state index in [9.17, 15) is 8.42 Å². The van der Waals surface area contributed by atoms with E-state index < -0.39 is 9.84 Å². The summed E-state index contributed by atoms with van der Waals surface area (Å²) in [5, 5.41) is 6.63. The van der Waals surface area contributed by atoms with Crippen molar-refractivity contribution in [3.63, 3.8) is 0 Å². The summed E-state index contributed by atoms with van der Waals surface area (Å²) >= 11 is 0. The number of aliphatic imine (C=N–C) groups is 1. The molecule has 6 nitrogen and oxygen atoms in total. The minimum atomic E-state index is -2.79. The topological polar surface area (TPSA) is 73.8 Å². The fourth-order valence-corrected chi connectivity index (χ4v) is 5.11. The van der Waals surface area contributed by atoms with Gasteiger partial charge >= 0.3 is 0 Å². The number of sulfone groups is 1. The highest BCUT2D eigenvalue weighted by Gasteiger charge is 2.28. The van der Waals surface area contributed by atoms with Crippen LogP contribution in [0.25, 0.3) is 0 Å². The number of hydrogen-bond donors (Lipinski definition) is 2. The molecule has 0 aromatic rings. The molecule has 0 aliphatic carbocycles. The molecule has 0 spiro atoms. The maximum absolute atomic E-state index is 11.4. The lowest BCUT2D eigenvalue weighted by Crippen LogP contribution is -2.45. The van der Waals surface area contributed by atoms with Crippen molar-refractivity contribution >= 4 is 15.8 Å². The molecule has 7 heteroatoms. The van der Waals surface area contributed by atoms with E-state index in [-0.39, 0.29) is 5.92 Å². The van der Waals surface area contributed by atoms with Crippen LogP contribution in [0.5, 0.6) is 0 Å². The summed E-state index contributed by atoms with van der Waals surface area (Å²) in [7, 11) is -1.04. The molecule has 2 fully saturated rings. The van der Waals surface area contributed by atoms with Crippen molar-refractivity contribution in [1.29, 1.82) is 0 Å². The van der Waals surface area contributed by atoms with Gasteiger partial charge in [-0.3, -0.25) is 9.89 Å². The van der Waals surface area contributed by atoms with E-state index in [0.717, 1.165) is 25.5 Å². The Morgan fingerprint density at radius 2 is 2.05 bits per heavy atom. The van der Waals surface area contributed by atoms with Gasteiger partial charge in [-0.15, -0.1) is 0 Å². The van der Waals surface area contributed by atoms with Gasteiger partial charge in [-0.25, -0.2) is 8.42 Å². The maximum atomic E-state index is 11.4. The molecule has 0 radical (unpaired) electrons. The average Bonchev–Trinajstić information content (AvgIpc) is 3.05. The molecule has 2 aliphatic rings. The Kier molecular flexibility index (Phi) is 5.87. The first-order valence-electron chi connectivity index (χ1n) is 7.93. The molecule has 0 aromatic carbocycles. The van der Waals surface area contributed by atoms with E-state index in [1.807, 2.05) is 0 Å². The van der Waals surface area contributed by atoms with Crippen LogP contribution >= 0.6 is 0 Å². The molecule has 2 heterocycles. The fraction of sp³-hybridized carbons (Fsp3) is 0.929. The predicted octanol–water partition coefficient (Wildman–Crippen LogP) is 0.0704. The Morgan fingerprint density at radius 1 is 1.29 bits per heavy atom. The molecule has 0 saturated carbocycles. The molecular formula is C14H28N4O2S. The van der Waals surface area contributed by atoms with Crippen molar-refractivity contribution in [1.82, 2.24) is 15.5 Å². The van der Waals surface area contributed by atoms with Crippen LogP contribution in [-0.2, 0) is 9.84 Å². The number of guanidine groups is 1. The van der Waals surface area contributed by atoms with Gasteiger partial charge in [-0.2, -0.15) is 0 Å². The summed E-state index contributed by atoms with van der Waals surface area (Å²) in [4.78, 5) is 6.71. The molecule has 21 heavy (non-hydrogen) atoms. The van der Waals surface area contributed by atoms with E-state index in [1.165, 1.54) is 19.4 Å². The Hall–Kier alpha value is -0.820. The minimum absolute atomic E-state index is 0.215. The first-order valence-corrected chi connectivity index (χ1v) is 9.75. The zero-order valence-electron chi connectivity index (χ0n) is 13.1. The van der Waals surface area contributed by atoms with Crippen LogP contribution in [-0.4, -0.2) is 70.1 Å². The summed E-state index contributed by atoms with van der Waals surface area (Å²) in [6, 6.07) is 0.584. The van der Waals surface area contributed by atoms with Crippen LogP contribution in [0.2, 0.25) is 0 Å². The molecule has 2 aliphatic heterocycles. The van der Waals surface area contributed by atoms with Crippen molar-refractivity contribution in [2.75, 3.05) is 44.7 Å². The van der Waals surface area contributed by atoms with E-state index in [4.69, 9.17) is 0 Å².